The van der Waals surface area contributed by atoms with Crippen LogP contribution in [0, 0.1) is 0 Å². The minimum absolute atomic E-state index is 0.162. The van der Waals surface area contributed by atoms with E-state index in [1.807, 2.05) is 0 Å². The molecule has 6 heteroatoms. The quantitative estimate of drug-likeness (QED) is 0.683. The molecule has 0 radical (unpaired) electrons. The summed E-state index contributed by atoms with van der Waals surface area (Å²) in [6.45, 7) is 3.77. The molecule has 22 heavy (non-hydrogen) atoms. The molecule has 0 saturated carbocycles. The maximum Gasteiger partial charge on any atom is 0.306 e. The summed E-state index contributed by atoms with van der Waals surface area (Å²) in [7, 11) is 1.55. The van der Waals surface area contributed by atoms with Crippen LogP contribution in [0.15, 0.2) is 24.3 Å². The van der Waals surface area contributed by atoms with Crippen LogP contribution < -0.4 is 10.1 Å². The largest absolute Gasteiger partial charge is 0.497 e. The molecule has 0 fully saturated rings. The van der Waals surface area contributed by atoms with E-state index in [2.05, 4.69) is 12.2 Å². The predicted molar refractivity (Wildman–Crippen MR) is 88.4 cm³/mol. The number of carboxylic acid groups (broad SMARTS) is 1. The van der Waals surface area contributed by atoms with Gasteiger partial charge in [-0.15, -0.1) is 0 Å². The van der Waals surface area contributed by atoms with Crippen LogP contribution in [0.2, 0.25) is 0 Å². The number of nitrogens with one attached hydrogen (secondary N) is 1. The molecular formula is C16H23NO4S. The van der Waals surface area contributed by atoms with Crippen LogP contribution in [0.3, 0.4) is 0 Å². The molecule has 0 aliphatic heterocycles. The normalized spacial score (nSPS) is 13.2. The first-order chi connectivity index (χ1) is 10.4. The van der Waals surface area contributed by atoms with Gasteiger partial charge in [-0.2, -0.15) is 11.8 Å². The zero-order valence-corrected chi connectivity index (χ0v) is 14.0. The average Bonchev–Trinajstić information content (AvgIpc) is 2.46. The van der Waals surface area contributed by atoms with Crippen LogP contribution in [-0.4, -0.2) is 35.6 Å². The third-order valence-corrected chi connectivity index (χ3v) is 4.37. The number of ether oxygens (including phenoxy) is 1. The van der Waals surface area contributed by atoms with Crippen molar-refractivity contribution in [3.63, 3.8) is 0 Å². The number of thioether (sulfide) groups is 1. The van der Waals surface area contributed by atoms with Gasteiger partial charge in [-0.1, -0.05) is 19.1 Å². The number of carbonyl (C=O) groups is 2. The number of hydrogen-bond acceptors (Lipinski definition) is 4. The van der Waals surface area contributed by atoms with Gasteiger partial charge in [0.05, 0.1) is 24.8 Å². The van der Waals surface area contributed by atoms with Crippen LogP contribution in [0.1, 0.15) is 32.3 Å². The number of hydrogen-bond donors (Lipinski definition) is 2. The van der Waals surface area contributed by atoms with E-state index < -0.39 is 11.5 Å². The van der Waals surface area contributed by atoms with Crippen molar-refractivity contribution in [1.29, 1.82) is 0 Å². The fourth-order valence-corrected chi connectivity index (χ4v) is 2.83. The Morgan fingerprint density at radius 3 is 2.73 bits per heavy atom. The highest BCUT2D eigenvalue weighted by Gasteiger charge is 2.31. The number of methoxy groups -OCH3 is 1. The molecule has 0 heterocycles. The molecule has 0 aliphatic carbocycles. The molecule has 0 aliphatic rings. The summed E-state index contributed by atoms with van der Waals surface area (Å²) in [5.41, 5.74) is -0.257. The highest BCUT2D eigenvalue weighted by atomic mass is 32.2. The lowest BCUT2D eigenvalue weighted by atomic mass is 9.88. The van der Waals surface area contributed by atoms with Crippen LogP contribution >= 0.6 is 11.8 Å². The molecule has 0 aromatic heterocycles. The highest BCUT2D eigenvalue weighted by Crippen LogP contribution is 2.28. The minimum atomic E-state index is -0.968. The van der Waals surface area contributed by atoms with E-state index in [-0.39, 0.29) is 12.3 Å². The molecule has 1 aromatic carbocycles. The van der Waals surface area contributed by atoms with Crippen LogP contribution in [-0.2, 0) is 15.1 Å². The van der Waals surface area contributed by atoms with E-state index in [4.69, 9.17) is 4.74 Å². The third-order valence-electron chi connectivity index (χ3n) is 3.21. The molecule has 1 unspecified atom stereocenters. The molecule has 1 aromatic rings. The van der Waals surface area contributed by atoms with Crippen molar-refractivity contribution in [2.24, 2.45) is 0 Å². The Labute approximate surface area is 135 Å². The standard InChI is InChI=1S/C16H23NO4S/c1-4-8-22-11-14(18)17-16(2,10-15(19)20)12-6-5-7-13(9-12)21-3/h5-7,9H,4,8,10-11H2,1-3H3,(H,17,18)(H,19,20). The Kier molecular flexibility index (Phi) is 7.24. The minimum Gasteiger partial charge on any atom is -0.497 e. The summed E-state index contributed by atoms with van der Waals surface area (Å²) in [5, 5.41) is 12.0. The van der Waals surface area contributed by atoms with E-state index in [0.29, 0.717) is 17.1 Å². The third kappa shape index (κ3) is 5.60. The van der Waals surface area contributed by atoms with Crippen LogP contribution in [0.5, 0.6) is 5.75 Å². The second kappa shape index (κ2) is 8.68. The Morgan fingerprint density at radius 2 is 2.14 bits per heavy atom. The van der Waals surface area contributed by atoms with E-state index in [0.717, 1.165) is 12.2 Å². The lowest BCUT2D eigenvalue weighted by Gasteiger charge is -2.30. The molecule has 0 bridgehead atoms. The molecule has 0 saturated heterocycles. The summed E-state index contributed by atoms with van der Waals surface area (Å²) in [5.74, 6) is 0.732. The lowest BCUT2D eigenvalue weighted by Crippen LogP contribution is -2.45. The second-order valence-electron chi connectivity index (χ2n) is 5.24. The number of aliphatic carboxylic acids is 1. The summed E-state index contributed by atoms with van der Waals surface area (Å²) >= 11 is 1.54. The number of carboxylic acids is 1. The smallest absolute Gasteiger partial charge is 0.306 e. The Morgan fingerprint density at radius 1 is 1.41 bits per heavy atom. The molecule has 1 atom stereocenters. The van der Waals surface area contributed by atoms with Gasteiger partial charge >= 0.3 is 5.97 Å². The van der Waals surface area contributed by atoms with Crippen molar-refractivity contribution in [3.8, 4) is 5.75 Å². The van der Waals surface area contributed by atoms with Gasteiger partial charge in [-0.05, 0) is 36.8 Å². The van der Waals surface area contributed by atoms with Gasteiger partial charge in [-0.25, -0.2) is 0 Å². The van der Waals surface area contributed by atoms with Gasteiger partial charge in [0.15, 0.2) is 0 Å². The fraction of sp³-hybridized carbons (Fsp3) is 0.500. The van der Waals surface area contributed by atoms with Crippen LogP contribution in [0.25, 0.3) is 0 Å². The summed E-state index contributed by atoms with van der Waals surface area (Å²) < 4.78 is 5.18. The van der Waals surface area contributed by atoms with Crippen molar-refractivity contribution in [2.75, 3.05) is 18.6 Å². The maximum absolute atomic E-state index is 12.1. The van der Waals surface area contributed by atoms with E-state index in [1.54, 1.807) is 38.3 Å². The molecule has 122 valence electrons. The summed E-state index contributed by atoms with van der Waals surface area (Å²) in [6, 6.07) is 7.11. The zero-order valence-electron chi connectivity index (χ0n) is 13.2. The zero-order chi connectivity index (χ0) is 16.6. The predicted octanol–water partition coefficient (Wildman–Crippen LogP) is 2.64. The van der Waals surface area contributed by atoms with Gasteiger partial charge in [0.1, 0.15) is 5.75 Å². The van der Waals surface area contributed by atoms with Crippen molar-refractivity contribution in [1.82, 2.24) is 5.32 Å². The number of benzene rings is 1. The second-order valence-corrected chi connectivity index (χ2v) is 6.34. The van der Waals surface area contributed by atoms with Gasteiger partial charge in [0.2, 0.25) is 5.91 Å². The van der Waals surface area contributed by atoms with E-state index in [9.17, 15) is 14.7 Å². The topological polar surface area (TPSA) is 75.6 Å². The van der Waals surface area contributed by atoms with Crippen LogP contribution in [0.4, 0.5) is 0 Å². The number of rotatable bonds is 9. The molecule has 1 amide bonds. The first kappa shape index (κ1) is 18.4. The Balaban J connectivity index is 2.93. The summed E-state index contributed by atoms with van der Waals surface area (Å²) in [6.07, 6.45) is 0.810. The Hall–Kier alpha value is -1.69. The van der Waals surface area contributed by atoms with Gasteiger partial charge in [0.25, 0.3) is 0 Å². The molecule has 0 spiro atoms. The molecule has 2 N–H and O–H groups in total. The highest BCUT2D eigenvalue weighted by molar-refractivity contribution is 7.99. The van der Waals surface area contributed by atoms with Crippen molar-refractivity contribution in [3.05, 3.63) is 29.8 Å². The summed E-state index contributed by atoms with van der Waals surface area (Å²) in [4.78, 5) is 23.3. The van der Waals surface area contributed by atoms with E-state index in [1.165, 1.54) is 11.8 Å². The van der Waals surface area contributed by atoms with Gasteiger partial charge < -0.3 is 15.2 Å². The molecule has 1 rings (SSSR count). The SMILES string of the molecule is CCCSCC(=O)NC(C)(CC(=O)O)c1cccc(OC)c1. The first-order valence-corrected chi connectivity index (χ1v) is 8.32. The van der Waals surface area contributed by atoms with Crippen molar-refractivity contribution >= 4 is 23.6 Å². The maximum atomic E-state index is 12.1. The average molecular weight is 325 g/mol. The van der Waals surface area contributed by atoms with Crippen molar-refractivity contribution in [2.45, 2.75) is 32.2 Å². The first-order valence-electron chi connectivity index (χ1n) is 7.16. The van der Waals surface area contributed by atoms with E-state index >= 15 is 0 Å². The lowest BCUT2D eigenvalue weighted by molar-refractivity contribution is -0.139. The molecular weight excluding hydrogens is 302 g/mol. The fourth-order valence-electron chi connectivity index (χ4n) is 2.14. The number of carbonyl (C=O) groups excluding carboxylic acids is 1. The molecule has 5 nitrogen and oxygen atoms in total. The van der Waals surface area contributed by atoms with Gasteiger partial charge in [0, 0.05) is 0 Å². The number of amides is 1. The Bertz CT molecular complexity index is 521. The monoisotopic (exact) mass is 325 g/mol. The van der Waals surface area contributed by atoms with Gasteiger partial charge in [-0.3, -0.25) is 9.59 Å². The van der Waals surface area contributed by atoms with Crippen molar-refractivity contribution < 1.29 is 19.4 Å².